The molecule has 0 aliphatic rings. The third-order valence-electron chi connectivity index (χ3n) is 2.51. The van der Waals surface area contributed by atoms with E-state index in [1.165, 1.54) is 0 Å². The zero-order valence-corrected chi connectivity index (χ0v) is 13.6. The summed E-state index contributed by atoms with van der Waals surface area (Å²) >= 11 is 27.8. The molecule has 0 aliphatic heterocycles. The summed E-state index contributed by atoms with van der Waals surface area (Å²) in [6.07, 6.45) is 0. The first-order valence-corrected chi connectivity index (χ1v) is 7.66. The lowest BCUT2D eigenvalue weighted by molar-refractivity contribution is 1.43. The Hall–Kier alpha value is 0.0800. The molecule has 5 heteroatoms. The summed E-state index contributed by atoms with van der Waals surface area (Å²) in [5, 5.41) is 2.57. The lowest BCUT2D eigenvalue weighted by Crippen LogP contribution is -1.85. The number of hydrogen-bond acceptors (Lipinski definition) is 0. The van der Waals surface area contributed by atoms with Crippen molar-refractivity contribution in [2.24, 2.45) is 0 Å². The number of halogens is 5. The van der Waals surface area contributed by atoms with Crippen molar-refractivity contribution in [3.05, 3.63) is 56.0 Å². The molecular weight excluding hydrogens is 378 g/mol. The van der Waals surface area contributed by atoms with Gasteiger partial charge in [0.2, 0.25) is 0 Å². The molecule has 0 unspecified atom stereocenters. The van der Waals surface area contributed by atoms with Crippen LogP contribution < -0.4 is 0 Å². The Morgan fingerprint density at radius 1 is 0.778 bits per heavy atom. The van der Waals surface area contributed by atoms with E-state index in [1.54, 1.807) is 6.07 Å². The van der Waals surface area contributed by atoms with E-state index >= 15 is 0 Å². The predicted molar refractivity (Wildman–Crippen MR) is 84.5 cm³/mol. The van der Waals surface area contributed by atoms with Crippen molar-refractivity contribution in [3.63, 3.8) is 0 Å². The van der Waals surface area contributed by atoms with E-state index in [9.17, 15) is 0 Å². The van der Waals surface area contributed by atoms with E-state index in [1.807, 2.05) is 24.3 Å². The standard InChI is InChI=1S/C13H7BrCl4/c14-6-7-1-2-8(11(16)5-7)9-3-4-10(15)13(18)12(9)17/h1-5H,6H2. The van der Waals surface area contributed by atoms with Crippen LogP contribution in [0.1, 0.15) is 5.56 Å². The van der Waals surface area contributed by atoms with Gasteiger partial charge < -0.3 is 0 Å². The third-order valence-corrected chi connectivity index (χ3v) is 4.77. The highest BCUT2D eigenvalue weighted by Gasteiger charge is 2.13. The van der Waals surface area contributed by atoms with E-state index < -0.39 is 0 Å². The van der Waals surface area contributed by atoms with Crippen LogP contribution in [0, 0.1) is 0 Å². The van der Waals surface area contributed by atoms with Crippen molar-refractivity contribution < 1.29 is 0 Å². The predicted octanol–water partition coefficient (Wildman–Crippen LogP) is 6.86. The van der Waals surface area contributed by atoms with Crippen molar-refractivity contribution in [2.75, 3.05) is 0 Å². The van der Waals surface area contributed by atoms with Gasteiger partial charge in [-0.1, -0.05) is 80.5 Å². The van der Waals surface area contributed by atoms with Crippen molar-refractivity contribution >= 4 is 62.3 Å². The molecule has 0 heterocycles. The van der Waals surface area contributed by atoms with Crippen molar-refractivity contribution in [1.29, 1.82) is 0 Å². The molecule has 18 heavy (non-hydrogen) atoms. The smallest absolute Gasteiger partial charge is 0.0784 e. The summed E-state index contributed by atoms with van der Waals surface area (Å²) in [5.74, 6) is 0. The summed E-state index contributed by atoms with van der Waals surface area (Å²) < 4.78 is 0. The molecule has 0 amide bonds. The minimum atomic E-state index is 0.344. The number of alkyl halides is 1. The van der Waals surface area contributed by atoms with E-state index in [-0.39, 0.29) is 0 Å². The largest absolute Gasteiger partial charge is 0.0876 e. The Labute approximate surface area is 134 Å². The average molecular weight is 385 g/mol. The molecule has 0 fully saturated rings. The van der Waals surface area contributed by atoms with Crippen LogP contribution in [0.25, 0.3) is 11.1 Å². The SMILES string of the molecule is Clc1cc(CBr)ccc1-c1ccc(Cl)c(Cl)c1Cl. The fraction of sp³-hybridized carbons (Fsp3) is 0.0769. The number of hydrogen-bond donors (Lipinski definition) is 0. The maximum Gasteiger partial charge on any atom is 0.0784 e. The van der Waals surface area contributed by atoms with Crippen LogP contribution >= 0.6 is 62.3 Å². The first kappa shape index (κ1) is 14.5. The molecule has 0 aromatic heterocycles. The minimum Gasteiger partial charge on any atom is -0.0876 e. The van der Waals surface area contributed by atoms with Crippen LogP contribution in [0.2, 0.25) is 20.1 Å². The topological polar surface area (TPSA) is 0 Å². The molecule has 0 nitrogen and oxygen atoms in total. The highest BCUT2D eigenvalue weighted by molar-refractivity contribution is 9.08. The fourth-order valence-corrected chi connectivity index (χ4v) is 2.89. The third kappa shape index (κ3) is 2.81. The van der Waals surface area contributed by atoms with Gasteiger partial charge in [-0.15, -0.1) is 0 Å². The monoisotopic (exact) mass is 382 g/mol. The maximum absolute atomic E-state index is 6.25. The van der Waals surface area contributed by atoms with Crippen LogP contribution in [-0.2, 0) is 5.33 Å². The summed E-state index contributed by atoms with van der Waals surface area (Å²) in [6, 6.07) is 9.31. The van der Waals surface area contributed by atoms with Crippen LogP contribution in [0.15, 0.2) is 30.3 Å². The molecule has 0 bridgehead atoms. The highest BCUT2D eigenvalue weighted by atomic mass is 79.9. The molecule has 0 radical (unpaired) electrons. The van der Waals surface area contributed by atoms with E-state index in [0.717, 1.165) is 22.0 Å². The molecule has 0 spiro atoms. The summed E-state index contributed by atoms with van der Waals surface area (Å²) in [6.45, 7) is 0. The second kappa shape index (κ2) is 6.02. The van der Waals surface area contributed by atoms with Crippen LogP contribution in [0.5, 0.6) is 0 Å². The van der Waals surface area contributed by atoms with Gasteiger partial charge in [0.05, 0.1) is 15.1 Å². The number of benzene rings is 2. The fourth-order valence-electron chi connectivity index (χ4n) is 1.59. The van der Waals surface area contributed by atoms with Gasteiger partial charge >= 0.3 is 0 Å². The molecule has 2 rings (SSSR count). The van der Waals surface area contributed by atoms with Crippen molar-refractivity contribution in [1.82, 2.24) is 0 Å². The Kier molecular flexibility index (Phi) is 4.85. The molecule has 2 aromatic carbocycles. The Bertz CT molecular complexity index is 596. The van der Waals surface area contributed by atoms with Gasteiger partial charge in [-0.05, 0) is 17.7 Å². The van der Waals surface area contributed by atoms with Gasteiger partial charge in [0.25, 0.3) is 0 Å². The first-order valence-electron chi connectivity index (χ1n) is 5.03. The second-order valence-electron chi connectivity index (χ2n) is 3.67. The van der Waals surface area contributed by atoms with Crippen LogP contribution in [0.3, 0.4) is 0 Å². The zero-order valence-electron chi connectivity index (χ0n) is 8.98. The van der Waals surface area contributed by atoms with Crippen LogP contribution in [0.4, 0.5) is 0 Å². The van der Waals surface area contributed by atoms with E-state index in [4.69, 9.17) is 46.4 Å². The van der Waals surface area contributed by atoms with Gasteiger partial charge in [-0.25, -0.2) is 0 Å². The van der Waals surface area contributed by atoms with E-state index in [2.05, 4.69) is 15.9 Å². The van der Waals surface area contributed by atoms with Gasteiger partial charge in [0.1, 0.15) is 0 Å². The Morgan fingerprint density at radius 2 is 1.44 bits per heavy atom. The first-order chi connectivity index (χ1) is 8.54. The summed E-state index contributed by atoms with van der Waals surface area (Å²) in [7, 11) is 0. The van der Waals surface area contributed by atoms with Crippen molar-refractivity contribution in [3.8, 4) is 11.1 Å². The van der Waals surface area contributed by atoms with Gasteiger partial charge in [0, 0.05) is 21.5 Å². The molecule has 0 aliphatic carbocycles. The van der Waals surface area contributed by atoms with Crippen LogP contribution in [-0.4, -0.2) is 0 Å². The molecule has 0 N–H and O–H groups in total. The van der Waals surface area contributed by atoms with Crippen molar-refractivity contribution in [2.45, 2.75) is 5.33 Å². The lowest BCUT2D eigenvalue weighted by Gasteiger charge is -2.10. The average Bonchev–Trinajstić information content (AvgIpc) is 2.37. The Balaban J connectivity index is 2.59. The molecule has 0 saturated heterocycles. The van der Waals surface area contributed by atoms with Gasteiger partial charge in [-0.2, -0.15) is 0 Å². The summed E-state index contributed by atoms with van der Waals surface area (Å²) in [4.78, 5) is 0. The van der Waals surface area contributed by atoms with E-state index in [0.29, 0.717) is 20.1 Å². The van der Waals surface area contributed by atoms with Gasteiger partial charge in [0.15, 0.2) is 0 Å². The highest BCUT2D eigenvalue weighted by Crippen LogP contribution is 2.40. The molecular formula is C13H7BrCl4. The molecule has 2 aromatic rings. The molecule has 94 valence electrons. The quantitative estimate of drug-likeness (QED) is 0.391. The molecule has 0 saturated carbocycles. The maximum atomic E-state index is 6.25. The van der Waals surface area contributed by atoms with Gasteiger partial charge in [-0.3, -0.25) is 0 Å². The lowest BCUT2D eigenvalue weighted by atomic mass is 10.0. The minimum absolute atomic E-state index is 0.344. The molecule has 0 atom stereocenters. The normalized spacial score (nSPS) is 10.7. The summed E-state index contributed by atoms with van der Waals surface area (Å²) in [5.41, 5.74) is 2.71. The Morgan fingerprint density at radius 3 is 2.06 bits per heavy atom. The zero-order chi connectivity index (χ0) is 13.3. The number of rotatable bonds is 2. The second-order valence-corrected chi connectivity index (χ2v) is 5.80.